The smallest absolute Gasteiger partial charge is 0.408 e. The molecular formula is C28H40N4O6. The molecule has 3 heterocycles. The molecule has 1 unspecified atom stereocenters. The quantitative estimate of drug-likeness (QED) is 0.542. The Morgan fingerprint density at radius 3 is 2.45 bits per heavy atom. The largest absolute Gasteiger partial charge is 0.488 e. The number of carbonyl (C=O) groups excluding carboxylic acids is 3. The van der Waals surface area contributed by atoms with E-state index in [0.29, 0.717) is 12.2 Å². The van der Waals surface area contributed by atoms with Crippen molar-refractivity contribution in [1.82, 2.24) is 19.8 Å². The number of likely N-dealkylation sites (tertiary alicyclic amines) is 1. The number of esters is 1. The highest BCUT2D eigenvalue weighted by atomic mass is 16.6. The van der Waals surface area contributed by atoms with Gasteiger partial charge in [-0.15, -0.1) is 0 Å². The molecule has 0 radical (unpaired) electrons. The van der Waals surface area contributed by atoms with Crippen molar-refractivity contribution < 1.29 is 28.6 Å². The summed E-state index contributed by atoms with van der Waals surface area (Å²) in [6, 6.07) is 5.75. The first-order valence-corrected chi connectivity index (χ1v) is 12.8. The molecule has 1 N–H and O–H groups in total. The fraction of sp³-hybridized carbons (Fsp3) is 0.571. The van der Waals surface area contributed by atoms with E-state index in [2.05, 4.69) is 10.3 Å². The molecule has 3 atom stereocenters. The van der Waals surface area contributed by atoms with Crippen molar-refractivity contribution in [1.29, 1.82) is 0 Å². The van der Waals surface area contributed by atoms with Gasteiger partial charge in [0, 0.05) is 31.9 Å². The molecule has 10 nitrogen and oxygen atoms in total. The summed E-state index contributed by atoms with van der Waals surface area (Å²) in [6.07, 6.45) is 3.07. The zero-order chi connectivity index (χ0) is 28.3. The molecule has 0 aromatic carbocycles. The number of carbonyl (C=O) groups is 3. The maximum absolute atomic E-state index is 13.8. The number of pyridine rings is 1. The molecule has 1 saturated heterocycles. The minimum Gasteiger partial charge on any atom is -0.488 e. The van der Waals surface area contributed by atoms with Crippen LogP contribution in [0.3, 0.4) is 0 Å². The van der Waals surface area contributed by atoms with Gasteiger partial charge in [-0.3, -0.25) is 9.78 Å². The first kappa shape index (κ1) is 29.0. The molecule has 10 heteroatoms. The van der Waals surface area contributed by atoms with Crippen LogP contribution in [0.5, 0.6) is 5.75 Å². The highest BCUT2D eigenvalue weighted by molar-refractivity contribution is 5.90. The van der Waals surface area contributed by atoms with Crippen LogP contribution in [0.25, 0.3) is 11.4 Å². The molecule has 2 aromatic heterocycles. The molecule has 1 aliphatic heterocycles. The predicted octanol–water partition coefficient (Wildman–Crippen LogP) is 3.94. The van der Waals surface area contributed by atoms with Crippen LogP contribution >= 0.6 is 0 Å². The Labute approximate surface area is 224 Å². The SMILES string of the molecule is COC(=O)[C@@H]1C[C@@H](Oc2ccnc(-c3cccn3C)c2)CN1C(=O)C(CC(C)(C)C)NC(=O)OC(C)(C)C. The third kappa shape index (κ3) is 7.72. The van der Waals surface area contributed by atoms with Crippen LogP contribution in [-0.2, 0) is 26.1 Å². The van der Waals surface area contributed by atoms with Crippen molar-refractivity contribution in [2.75, 3.05) is 13.7 Å². The number of rotatable bonds is 7. The maximum Gasteiger partial charge on any atom is 0.408 e. The van der Waals surface area contributed by atoms with E-state index in [1.807, 2.05) is 56.8 Å². The minimum atomic E-state index is -0.888. The maximum atomic E-state index is 13.8. The van der Waals surface area contributed by atoms with Crippen LogP contribution in [-0.4, -0.2) is 69.9 Å². The van der Waals surface area contributed by atoms with Crippen LogP contribution < -0.4 is 10.1 Å². The van der Waals surface area contributed by atoms with Gasteiger partial charge in [0.1, 0.15) is 29.5 Å². The molecular weight excluding hydrogens is 488 g/mol. The molecule has 0 saturated carbocycles. The highest BCUT2D eigenvalue weighted by Crippen LogP contribution is 2.29. The van der Waals surface area contributed by atoms with Gasteiger partial charge in [0.25, 0.3) is 0 Å². The fourth-order valence-corrected chi connectivity index (χ4v) is 4.49. The first-order chi connectivity index (χ1) is 17.7. The van der Waals surface area contributed by atoms with Gasteiger partial charge >= 0.3 is 12.1 Å². The Bertz CT molecular complexity index is 1150. The van der Waals surface area contributed by atoms with Crippen molar-refractivity contribution in [3.63, 3.8) is 0 Å². The van der Waals surface area contributed by atoms with Crippen molar-refractivity contribution in [2.24, 2.45) is 12.5 Å². The number of aromatic nitrogens is 2. The topological polar surface area (TPSA) is 112 Å². The van der Waals surface area contributed by atoms with Gasteiger partial charge in [-0.25, -0.2) is 9.59 Å². The van der Waals surface area contributed by atoms with E-state index in [1.54, 1.807) is 33.0 Å². The van der Waals surface area contributed by atoms with E-state index in [9.17, 15) is 14.4 Å². The summed E-state index contributed by atoms with van der Waals surface area (Å²) in [5.74, 6) is -0.334. The summed E-state index contributed by atoms with van der Waals surface area (Å²) >= 11 is 0. The second-order valence-electron chi connectivity index (χ2n) is 11.8. The summed E-state index contributed by atoms with van der Waals surface area (Å²) < 4.78 is 18.6. The molecule has 0 aliphatic carbocycles. The molecule has 2 aromatic rings. The lowest BCUT2D eigenvalue weighted by Crippen LogP contribution is -2.53. The molecule has 1 fully saturated rings. The van der Waals surface area contributed by atoms with Gasteiger partial charge in [0.05, 0.1) is 25.0 Å². The summed E-state index contributed by atoms with van der Waals surface area (Å²) in [5, 5.41) is 2.72. The van der Waals surface area contributed by atoms with Gasteiger partial charge in [-0.1, -0.05) is 20.8 Å². The van der Waals surface area contributed by atoms with Crippen LogP contribution in [0.15, 0.2) is 36.7 Å². The van der Waals surface area contributed by atoms with E-state index < -0.39 is 35.9 Å². The lowest BCUT2D eigenvalue weighted by molar-refractivity contribution is -0.151. The highest BCUT2D eigenvalue weighted by Gasteiger charge is 2.44. The van der Waals surface area contributed by atoms with Crippen LogP contribution in [0.4, 0.5) is 4.79 Å². The van der Waals surface area contributed by atoms with Gasteiger partial charge < -0.3 is 29.0 Å². The number of nitrogens with one attached hydrogen (secondary N) is 1. The Kier molecular flexibility index (Phi) is 8.74. The Balaban J connectivity index is 1.81. The molecule has 1 aliphatic rings. The third-order valence-corrected chi connectivity index (χ3v) is 6.06. The van der Waals surface area contributed by atoms with E-state index >= 15 is 0 Å². The van der Waals surface area contributed by atoms with Crippen molar-refractivity contribution in [3.05, 3.63) is 36.7 Å². The second kappa shape index (κ2) is 11.4. The molecule has 208 valence electrons. The van der Waals surface area contributed by atoms with Crippen LogP contribution in [0, 0.1) is 5.41 Å². The molecule has 3 rings (SSSR count). The number of hydrogen-bond donors (Lipinski definition) is 1. The molecule has 0 spiro atoms. The predicted molar refractivity (Wildman–Crippen MR) is 142 cm³/mol. The van der Waals surface area contributed by atoms with E-state index in [0.717, 1.165) is 11.4 Å². The summed E-state index contributed by atoms with van der Waals surface area (Å²) in [7, 11) is 3.23. The van der Waals surface area contributed by atoms with Gasteiger partial charge in [-0.05, 0) is 50.8 Å². The van der Waals surface area contributed by atoms with E-state index in [-0.39, 0.29) is 24.3 Å². The summed E-state index contributed by atoms with van der Waals surface area (Å²) in [6.45, 7) is 11.4. The lowest BCUT2D eigenvalue weighted by atomic mass is 9.87. The number of nitrogens with zero attached hydrogens (tertiary/aromatic N) is 3. The number of amides is 2. The average molecular weight is 529 g/mol. The third-order valence-electron chi connectivity index (χ3n) is 6.06. The summed E-state index contributed by atoms with van der Waals surface area (Å²) in [4.78, 5) is 44.9. The summed E-state index contributed by atoms with van der Waals surface area (Å²) in [5.41, 5.74) is 0.682. The van der Waals surface area contributed by atoms with Crippen molar-refractivity contribution >= 4 is 18.0 Å². The average Bonchev–Trinajstić information content (AvgIpc) is 3.42. The number of ether oxygens (including phenoxy) is 3. The number of aryl methyl sites for hydroxylation is 1. The van der Waals surface area contributed by atoms with Crippen molar-refractivity contribution in [2.45, 2.75) is 78.2 Å². The standard InChI is InChI=1S/C28H40N4O6/c1-27(2,3)16-21(30-26(35)38-28(4,5)6)24(33)32-17-19(15-23(32)25(34)36-8)37-18-11-12-29-20(14-18)22-10-9-13-31(22)7/h9-14,19,21,23H,15-17H2,1-8H3,(H,30,35)/t19-,21?,23+/m1/s1. The van der Waals surface area contributed by atoms with Gasteiger partial charge in [-0.2, -0.15) is 0 Å². The Hall–Kier alpha value is -3.56. The number of methoxy groups -OCH3 is 1. The second-order valence-corrected chi connectivity index (χ2v) is 11.8. The van der Waals surface area contributed by atoms with E-state index in [4.69, 9.17) is 14.2 Å². The zero-order valence-corrected chi connectivity index (χ0v) is 23.6. The number of alkyl carbamates (subject to hydrolysis) is 1. The van der Waals surface area contributed by atoms with Gasteiger partial charge in [0.2, 0.25) is 5.91 Å². The van der Waals surface area contributed by atoms with Crippen LogP contribution in [0.1, 0.15) is 54.4 Å². The minimum absolute atomic E-state index is 0.164. The normalized spacial score (nSPS) is 18.6. The van der Waals surface area contributed by atoms with Crippen LogP contribution in [0.2, 0.25) is 0 Å². The monoisotopic (exact) mass is 528 g/mol. The van der Waals surface area contributed by atoms with Gasteiger partial charge in [0.15, 0.2) is 0 Å². The van der Waals surface area contributed by atoms with E-state index in [1.165, 1.54) is 12.0 Å². The fourth-order valence-electron chi connectivity index (χ4n) is 4.49. The van der Waals surface area contributed by atoms with Crippen molar-refractivity contribution in [3.8, 4) is 17.1 Å². The molecule has 0 bridgehead atoms. The first-order valence-electron chi connectivity index (χ1n) is 12.8. The molecule has 38 heavy (non-hydrogen) atoms. The Morgan fingerprint density at radius 2 is 1.87 bits per heavy atom. The Morgan fingerprint density at radius 1 is 1.16 bits per heavy atom. The zero-order valence-electron chi connectivity index (χ0n) is 23.6. The lowest BCUT2D eigenvalue weighted by Gasteiger charge is -2.32. The molecule has 2 amide bonds. The number of hydrogen-bond acceptors (Lipinski definition) is 7.